The van der Waals surface area contributed by atoms with E-state index >= 15 is 0 Å². The summed E-state index contributed by atoms with van der Waals surface area (Å²) in [5, 5.41) is 0. The molecule has 1 aliphatic carbocycles. The van der Waals surface area contributed by atoms with Gasteiger partial charge in [-0.15, -0.1) is 0 Å². The molecule has 96 valence electrons. The van der Waals surface area contributed by atoms with Crippen molar-refractivity contribution in [2.45, 2.75) is 39.0 Å². The smallest absolute Gasteiger partial charge is 0.189 e. The van der Waals surface area contributed by atoms with Crippen molar-refractivity contribution in [2.75, 3.05) is 0 Å². The molecule has 0 aromatic carbocycles. The summed E-state index contributed by atoms with van der Waals surface area (Å²) >= 11 is 0. The van der Waals surface area contributed by atoms with Crippen molar-refractivity contribution in [3.05, 3.63) is 29.6 Å². The summed E-state index contributed by atoms with van der Waals surface area (Å²) in [6.07, 6.45) is 5.82. The monoisotopic (exact) mass is 249 g/mol. The molecule has 0 aliphatic heterocycles. The van der Waals surface area contributed by atoms with Gasteiger partial charge in [0.05, 0.1) is 5.56 Å². The van der Waals surface area contributed by atoms with E-state index in [0.29, 0.717) is 5.92 Å². The Morgan fingerprint density at radius 1 is 1.22 bits per heavy atom. The van der Waals surface area contributed by atoms with Gasteiger partial charge in [0, 0.05) is 5.92 Å². The Morgan fingerprint density at radius 3 is 2.56 bits per heavy atom. The molecular formula is C15H17F2N. The van der Waals surface area contributed by atoms with Crippen LogP contribution in [0.3, 0.4) is 0 Å². The normalized spacial score (nSPS) is 23.3. The minimum absolute atomic E-state index is 0.189. The average molecular weight is 249 g/mol. The molecule has 1 fully saturated rings. The fourth-order valence-electron chi connectivity index (χ4n) is 2.40. The molecule has 0 atom stereocenters. The highest BCUT2D eigenvalue weighted by atomic mass is 19.1. The highest BCUT2D eigenvalue weighted by Gasteiger charge is 2.18. The van der Waals surface area contributed by atoms with Crippen molar-refractivity contribution in [3.63, 3.8) is 0 Å². The lowest BCUT2D eigenvalue weighted by atomic mass is 9.81. The zero-order chi connectivity index (χ0) is 13.0. The Kier molecular flexibility index (Phi) is 4.30. The first kappa shape index (κ1) is 13.0. The minimum Gasteiger partial charge on any atom is -0.189 e. The van der Waals surface area contributed by atoms with E-state index in [-0.39, 0.29) is 5.56 Å². The van der Waals surface area contributed by atoms with Gasteiger partial charge in [-0.2, -0.15) is 13.8 Å². The van der Waals surface area contributed by atoms with Crippen LogP contribution in [0.4, 0.5) is 8.78 Å². The first-order chi connectivity index (χ1) is 8.69. The van der Waals surface area contributed by atoms with Gasteiger partial charge in [-0.1, -0.05) is 25.2 Å². The molecular weight excluding hydrogens is 232 g/mol. The summed E-state index contributed by atoms with van der Waals surface area (Å²) in [4.78, 5) is 3.13. The first-order valence-electron chi connectivity index (χ1n) is 6.52. The third-order valence-electron chi connectivity index (χ3n) is 3.65. The number of pyridine rings is 1. The molecule has 0 saturated heterocycles. The number of halogens is 2. The molecule has 1 aromatic rings. The average Bonchev–Trinajstić information content (AvgIpc) is 2.38. The van der Waals surface area contributed by atoms with Gasteiger partial charge in [-0.3, -0.25) is 0 Å². The van der Waals surface area contributed by atoms with Crippen LogP contribution >= 0.6 is 0 Å². The van der Waals surface area contributed by atoms with E-state index in [9.17, 15) is 8.78 Å². The lowest BCUT2D eigenvalue weighted by Gasteiger charge is -2.24. The molecule has 0 spiro atoms. The van der Waals surface area contributed by atoms with Gasteiger partial charge in [0.25, 0.3) is 0 Å². The second-order valence-corrected chi connectivity index (χ2v) is 4.87. The van der Waals surface area contributed by atoms with Crippen molar-refractivity contribution in [3.8, 4) is 11.8 Å². The topological polar surface area (TPSA) is 12.9 Å². The van der Waals surface area contributed by atoms with Gasteiger partial charge < -0.3 is 0 Å². The van der Waals surface area contributed by atoms with E-state index in [1.807, 2.05) is 0 Å². The van der Waals surface area contributed by atoms with Gasteiger partial charge in [-0.25, -0.2) is 0 Å². The van der Waals surface area contributed by atoms with Crippen LogP contribution in [0.15, 0.2) is 12.1 Å². The highest BCUT2D eigenvalue weighted by Crippen LogP contribution is 2.30. The van der Waals surface area contributed by atoms with E-state index < -0.39 is 11.9 Å². The standard InChI is InChI=1S/C15H17F2N/c1-2-11-3-5-12(6-4-11)7-8-13-9-10-14(16)18-15(13)17/h9-12H,2-6H2,1H3. The predicted molar refractivity (Wildman–Crippen MR) is 66.8 cm³/mol. The number of nitrogens with zero attached hydrogens (tertiary/aromatic N) is 1. The van der Waals surface area contributed by atoms with Gasteiger partial charge in [0.2, 0.25) is 11.9 Å². The fraction of sp³-hybridized carbons (Fsp3) is 0.533. The van der Waals surface area contributed by atoms with E-state index in [0.717, 1.165) is 24.8 Å². The summed E-state index contributed by atoms with van der Waals surface area (Å²) < 4.78 is 25.9. The third kappa shape index (κ3) is 3.29. The maximum atomic E-state index is 13.3. The maximum Gasteiger partial charge on any atom is 0.231 e. The molecule has 0 radical (unpaired) electrons. The number of aromatic nitrogens is 1. The quantitative estimate of drug-likeness (QED) is 0.543. The second-order valence-electron chi connectivity index (χ2n) is 4.87. The summed E-state index contributed by atoms with van der Waals surface area (Å²) in [7, 11) is 0. The Morgan fingerprint density at radius 2 is 1.94 bits per heavy atom. The van der Waals surface area contributed by atoms with Crippen LogP contribution in [0.5, 0.6) is 0 Å². The maximum absolute atomic E-state index is 13.3. The third-order valence-corrected chi connectivity index (χ3v) is 3.65. The van der Waals surface area contributed by atoms with E-state index in [4.69, 9.17) is 0 Å². The number of hydrogen-bond acceptors (Lipinski definition) is 1. The van der Waals surface area contributed by atoms with Crippen molar-refractivity contribution in [2.24, 2.45) is 11.8 Å². The molecule has 0 unspecified atom stereocenters. The first-order valence-corrected chi connectivity index (χ1v) is 6.52. The zero-order valence-electron chi connectivity index (χ0n) is 10.5. The fourth-order valence-corrected chi connectivity index (χ4v) is 2.40. The van der Waals surface area contributed by atoms with Crippen LogP contribution in [0, 0.1) is 35.6 Å². The number of hydrogen-bond donors (Lipinski definition) is 0. The van der Waals surface area contributed by atoms with Crippen molar-refractivity contribution in [1.82, 2.24) is 4.98 Å². The van der Waals surface area contributed by atoms with E-state index in [2.05, 4.69) is 23.7 Å². The lowest BCUT2D eigenvalue weighted by molar-refractivity contribution is 0.309. The molecule has 3 heteroatoms. The summed E-state index contributed by atoms with van der Waals surface area (Å²) in [5.41, 5.74) is 0.189. The molecule has 0 amide bonds. The summed E-state index contributed by atoms with van der Waals surface area (Å²) in [5.74, 6) is 5.43. The molecule has 2 rings (SSSR count). The largest absolute Gasteiger partial charge is 0.231 e. The molecule has 1 aromatic heterocycles. The Bertz CT molecular complexity index is 465. The molecule has 1 heterocycles. The Labute approximate surface area is 107 Å². The van der Waals surface area contributed by atoms with Crippen LogP contribution in [-0.4, -0.2) is 4.98 Å². The molecule has 1 nitrogen and oxygen atoms in total. The molecule has 0 N–H and O–H groups in total. The van der Waals surface area contributed by atoms with Gasteiger partial charge in [0.15, 0.2) is 0 Å². The SMILES string of the molecule is CCC1CCC(C#Cc2ccc(F)nc2F)CC1. The summed E-state index contributed by atoms with van der Waals surface area (Å²) in [6.45, 7) is 2.22. The minimum atomic E-state index is -0.815. The van der Waals surface area contributed by atoms with Crippen LogP contribution in [0.1, 0.15) is 44.6 Å². The van der Waals surface area contributed by atoms with Crippen molar-refractivity contribution in [1.29, 1.82) is 0 Å². The lowest BCUT2D eigenvalue weighted by Crippen LogP contribution is -2.12. The van der Waals surface area contributed by atoms with Gasteiger partial charge in [-0.05, 0) is 43.7 Å². The Hall–Kier alpha value is -1.43. The van der Waals surface area contributed by atoms with Crippen molar-refractivity contribution >= 4 is 0 Å². The van der Waals surface area contributed by atoms with Gasteiger partial charge >= 0.3 is 0 Å². The molecule has 1 saturated carbocycles. The van der Waals surface area contributed by atoms with Crippen LogP contribution in [0.2, 0.25) is 0 Å². The number of rotatable bonds is 1. The molecule has 18 heavy (non-hydrogen) atoms. The highest BCUT2D eigenvalue weighted by molar-refractivity contribution is 5.33. The van der Waals surface area contributed by atoms with Crippen LogP contribution in [-0.2, 0) is 0 Å². The molecule has 0 bridgehead atoms. The summed E-state index contributed by atoms with van der Waals surface area (Å²) in [6, 6.07) is 2.49. The van der Waals surface area contributed by atoms with Crippen LogP contribution in [0.25, 0.3) is 0 Å². The van der Waals surface area contributed by atoms with E-state index in [1.165, 1.54) is 25.3 Å². The van der Waals surface area contributed by atoms with Crippen LogP contribution < -0.4 is 0 Å². The zero-order valence-corrected chi connectivity index (χ0v) is 10.5. The van der Waals surface area contributed by atoms with Crippen molar-refractivity contribution < 1.29 is 8.78 Å². The predicted octanol–water partition coefficient (Wildman–Crippen LogP) is 3.93. The molecule has 1 aliphatic rings. The van der Waals surface area contributed by atoms with E-state index in [1.54, 1.807) is 0 Å². The second kappa shape index (κ2) is 5.95. The van der Waals surface area contributed by atoms with Gasteiger partial charge in [0.1, 0.15) is 0 Å². The Balaban J connectivity index is 2.00.